The van der Waals surface area contributed by atoms with E-state index in [1.54, 1.807) is 6.07 Å². The van der Waals surface area contributed by atoms with Crippen LogP contribution in [-0.4, -0.2) is 24.7 Å². The Morgan fingerprint density at radius 3 is 2.26 bits per heavy atom. The molecule has 102 valence electrons. The van der Waals surface area contributed by atoms with Crippen molar-refractivity contribution in [2.45, 2.75) is 12.7 Å². The predicted octanol–water partition coefficient (Wildman–Crippen LogP) is 3.42. The third-order valence-corrected chi connectivity index (χ3v) is 2.90. The summed E-state index contributed by atoms with van der Waals surface area (Å²) in [6, 6.07) is 11.3. The minimum absolute atomic E-state index is 0.177. The summed E-state index contributed by atoms with van der Waals surface area (Å²) in [7, 11) is 1.43. The highest BCUT2D eigenvalue weighted by atomic mass is 19.4. The maximum Gasteiger partial charge on any atom is 0.401 e. The van der Waals surface area contributed by atoms with Crippen LogP contribution < -0.4 is 5.73 Å². The highest BCUT2D eigenvalue weighted by Crippen LogP contribution is 2.24. The number of hydrogen-bond acceptors (Lipinski definition) is 2. The van der Waals surface area contributed by atoms with E-state index in [1.807, 2.05) is 30.3 Å². The van der Waals surface area contributed by atoms with Gasteiger partial charge in [0.1, 0.15) is 0 Å². The summed E-state index contributed by atoms with van der Waals surface area (Å²) in [6.07, 6.45) is -4.19. The van der Waals surface area contributed by atoms with Gasteiger partial charge in [-0.05, 0) is 35.5 Å². The van der Waals surface area contributed by atoms with Crippen LogP contribution in [0.25, 0.3) is 10.8 Å². The van der Waals surface area contributed by atoms with Gasteiger partial charge in [0.2, 0.25) is 0 Å². The van der Waals surface area contributed by atoms with E-state index in [4.69, 9.17) is 5.73 Å². The number of alkyl halides is 3. The lowest BCUT2D eigenvalue weighted by Crippen LogP contribution is -2.30. The van der Waals surface area contributed by atoms with Crippen molar-refractivity contribution in [2.75, 3.05) is 19.3 Å². The van der Waals surface area contributed by atoms with E-state index in [-0.39, 0.29) is 6.54 Å². The molecule has 2 aromatic rings. The van der Waals surface area contributed by atoms with Crippen LogP contribution in [0.15, 0.2) is 36.4 Å². The zero-order chi connectivity index (χ0) is 14.0. The van der Waals surface area contributed by atoms with Gasteiger partial charge in [0.05, 0.1) is 6.54 Å². The molecule has 0 atom stereocenters. The molecule has 0 amide bonds. The fourth-order valence-electron chi connectivity index (χ4n) is 2.09. The maximum absolute atomic E-state index is 12.3. The second-order valence-electron chi connectivity index (χ2n) is 4.69. The molecular formula is C14H15F3N2. The van der Waals surface area contributed by atoms with Crippen LogP contribution in [0, 0.1) is 0 Å². The highest BCUT2D eigenvalue weighted by Gasteiger charge is 2.29. The number of nitrogens with two attached hydrogens (primary N) is 1. The van der Waals surface area contributed by atoms with Crippen LogP contribution in [0.2, 0.25) is 0 Å². The Morgan fingerprint density at radius 1 is 1.11 bits per heavy atom. The predicted molar refractivity (Wildman–Crippen MR) is 70.7 cm³/mol. The molecule has 0 heterocycles. The summed E-state index contributed by atoms with van der Waals surface area (Å²) in [5.74, 6) is 0. The quantitative estimate of drug-likeness (QED) is 0.864. The molecule has 0 bridgehead atoms. The summed E-state index contributed by atoms with van der Waals surface area (Å²) in [4.78, 5) is 1.21. The fraction of sp³-hybridized carbons (Fsp3) is 0.286. The topological polar surface area (TPSA) is 29.3 Å². The molecular weight excluding hydrogens is 253 g/mol. The lowest BCUT2D eigenvalue weighted by molar-refractivity contribution is -0.144. The lowest BCUT2D eigenvalue weighted by Gasteiger charge is -2.19. The first kappa shape index (κ1) is 13.7. The van der Waals surface area contributed by atoms with Gasteiger partial charge in [-0.1, -0.05) is 24.3 Å². The van der Waals surface area contributed by atoms with Gasteiger partial charge in [-0.3, -0.25) is 4.90 Å². The summed E-state index contributed by atoms with van der Waals surface area (Å²) < 4.78 is 36.9. The Morgan fingerprint density at radius 2 is 1.68 bits per heavy atom. The smallest absolute Gasteiger partial charge is 0.398 e. The molecule has 0 aliphatic rings. The lowest BCUT2D eigenvalue weighted by atomic mass is 10.0. The minimum Gasteiger partial charge on any atom is -0.398 e. The first-order valence-corrected chi connectivity index (χ1v) is 5.87. The molecule has 2 nitrogen and oxygen atoms in total. The molecule has 0 aromatic heterocycles. The number of nitrogen functional groups attached to an aromatic ring is 1. The molecule has 2 aromatic carbocycles. The third kappa shape index (κ3) is 3.61. The van der Waals surface area contributed by atoms with Crippen molar-refractivity contribution in [3.8, 4) is 0 Å². The van der Waals surface area contributed by atoms with Gasteiger partial charge in [0, 0.05) is 12.2 Å². The highest BCUT2D eigenvalue weighted by molar-refractivity contribution is 5.86. The second-order valence-corrected chi connectivity index (χ2v) is 4.69. The van der Waals surface area contributed by atoms with Crippen molar-refractivity contribution in [3.63, 3.8) is 0 Å². The number of halogens is 3. The largest absolute Gasteiger partial charge is 0.401 e. The molecule has 0 unspecified atom stereocenters. The molecule has 0 saturated heterocycles. The van der Waals surface area contributed by atoms with Crippen molar-refractivity contribution < 1.29 is 13.2 Å². The molecule has 19 heavy (non-hydrogen) atoms. The van der Waals surface area contributed by atoms with Crippen LogP contribution in [0.5, 0.6) is 0 Å². The van der Waals surface area contributed by atoms with Crippen molar-refractivity contribution in [2.24, 2.45) is 0 Å². The number of hydrogen-bond donors (Lipinski definition) is 1. The van der Waals surface area contributed by atoms with Gasteiger partial charge in [-0.15, -0.1) is 0 Å². The Kier molecular flexibility index (Phi) is 3.66. The Bertz CT molecular complexity index is 578. The van der Waals surface area contributed by atoms with Crippen molar-refractivity contribution in [1.82, 2.24) is 4.90 Å². The molecule has 0 aliphatic carbocycles. The van der Waals surface area contributed by atoms with Gasteiger partial charge in [0.15, 0.2) is 0 Å². The SMILES string of the molecule is CN(Cc1cc2ccccc2cc1N)CC(F)(F)F. The summed E-state index contributed by atoms with van der Waals surface area (Å²) >= 11 is 0. The minimum atomic E-state index is -4.19. The molecule has 2 rings (SSSR count). The van der Waals surface area contributed by atoms with Crippen LogP contribution in [0.4, 0.5) is 18.9 Å². The van der Waals surface area contributed by atoms with E-state index < -0.39 is 12.7 Å². The zero-order valence-electron chi connectivity index (χ0n) is 10.5. The number of benzene rings is 2. The summed E-state index contributed by atoms with van der Waals surface area (Å²) in [6.45, 7) is -0.768. The summed E-state index contributed by atoms with van der Waals surface area (Å²) in [5.41, 5.74) is 7.13. The van der Waals surface area contributed by atoms with E-state index in [0.29, 0.717) is 11.3 Å². The molecule has 0 radical (unpaired) electrons. The average molecular weight is 268 g/mol. The van der Waals surface area contributed by atoms with Gasteiger partial charge in [0.25, 0.3) is 0 Å². The number of fused-ring (bicyclic) bond motifs is 1. The Hall–Kier alpha value is -1.75. The van der Waals surface area contributed by atoms with Crippen molar-refractivity contribution >= 4 is 16.5 Å². The van der Waals surface area contributed by atoms with E-state index in [1.165, 1.54) is 11.9 Å². The van der Waals surface area contributed by atoms with Gasteiger partial charge < -0.3 is 5.73 Å². The monoisotopic (exact) mass is 268 g/mol. The average Bonchev–Trinajstić information content (AvgIpc) is 2.27. The number of anilines is 1. The first-order chi connectivity index (χ1) is 8.85. The molecule has 0 fully saturated rings. The first-order valence-electron chi connectivity index (χ1n) is 5.87. The van der Waals surface area contributed by atoms with Crippen LogP contribution >= 0.6 is 0 Å². The van der Waals surface area contributed by atoms with E-state index in [2.05, 4.69) is 0 Å². The standard InChI is InChI=1S/C14H15F3N2/c1-19(9-14(15,16)17)8-12-6-10-4-2-3-5-11(10)7-13(12)18/h2-7H,8-9,18H2,1H3. The molecule has 0 aliphatic heterocycles. The van der Waals surface area contributed by atoms with E-state index in [0.717, 1.165) is 10.8 Å². The second kappa shape index (κ2) is 5.09. The Balaban J connectivity index is 2.23. The van der Waals surface area contributed by atoms with Crippen molar-refractivity contribution in [3.05, 3.63) is 42.0 Å². The van der Waals surface area contributed by atoms with Crippen molar-refractivity contribution in [1.29, 1.82) is 0 Å². The number of nitrogens with zero attached hydrogens (tertiary/aromatic N) is 1. The third-order valence-electron chi connectivity index (χ3n) is 2.90. The van der Waals surface area contributed by atoms with Gasteiger partial charge in [-0.25, -0.2) is 0 Å². The Labute approximate surface area is 109 Å². The zero-order valence-corrected chi connectivity index (χ0v) is 10.5. The molecule has 0 spiro atoms. The maximum atomic E-state index is 12.3. The summed E-state index contributed by atoms with van der Waals surface area (Å²) in [5, 5.41) is 1.97. The number of rotatable bonds is 3. The molecule has 0 saturated carbocycles. The van der Waals surface area contributed by atoms with Gasteiger partial charge >= 0.3 is 6.18 Å². The fourth-order valence-corrected chi connectivity index (χ4v) is 2.09. The normalized spacial score (nSPS) is 12.3. The van der Waals surface area contributed by atoms with Crippen LogP contribution in [0.1, 0.15) is 5.56 Å². The molecule has 2 N–H and O–H groups in total. The van der Waals surface area contributed by atoms with Crippen LogP contribution in [-0.2, 0) is 6.54 Å². The van der Waals surface area contributed by atoms with E-state index >= 15 is 0 Å². The molecule has 5 heteroatoms. The van der Waals surface area contributed by atoms with E-state index in [9.17, 15) is 13.2 Å². The van der Waals surface area contributed by atoms with Gasteiger partial charge in [-0.2, -0.15) is 13.2 Å². The van der Waals surface area contributed by atoms with Crippen LogP contribution in [0.3, 0.4) is 0 Å².